The number of halogens is 2. The van der Waals surface area contributed by atoms with Crippen LogP contribution in [-0.2, 0) is 0 Å². The van der Waals surface area contributed by atoms with Gasteiger partial charge in [0.25, 0.3) is 0 Å². The minimum absolute atomic E-state index is 0.257. The smallest absolute Gasteiger partial charge is 0.133 e. The molecule has 0 fully saturated rings. The molecule has 0 aliphatic carbocycles. The Balaban J connectivity index is 0.00000100. The van der Waals surface area contributed by atoms with Crippen molar-refractivity contribution < 1.29 is 4.39 Å². The van der Waals surface area contributed by atoms with Gasteiger partial charge in [0.15, 0.2) is 0 Å². The van der Waals surface area contributed by atoms with Crippen molar-refractivity contribution in [1.29, 1.82) is 0 Å². The number of nitrogens with zero attached hydrogens (tertiary/aromatic N) is 1. The highest BCUT2D eigenvalue weighted by atomic mass is 79.9. The molecule has 0 saturated heterocycles. The predicted molar refractivity (Wildman–Crippen MR) is 105 cm³/mol. The Hall–Kier alpha value is -2.13. The molecule has 124 valence electrons. The molecule has 0 aromatic heterocycles. The molecule has 0 unspecified atom stereocenters. The van der Waals surface area contributed by atoms with Gasteiger partial charge in [-0.2, -0.15) is 0 Å². The summed E-state index contributed by atoms with van der Waals surface area (Å²) in [6.45, 7) is 8.03. The van der Waals surface area contributed by atoms with Crippen LogP contribution in [0.15, 0.2) is 77.4 Å². The lowest BCUT2D eigenvalue weighted by Gasteiger charge is -2.30. The van der Waals surface area contributed by atoms with E-state index in [1.807, 2.05) is 74.3 Å². The Morgan fingerprint density at radius 1 is 0.958 bits per heavy atom. The molecule has 1 heterocycles. The molecule has 0 N–H and O–H groups in total. The number of allylic oxidation sites excluding steroid dienone is 3. The van der Waals surface area contributed by atoms with Gasteiger partial charge in [-0.3, -0.25) is 0 Å². The van der Waals surface area contributed by atoms with Crippen LogP contribution in [0.4, 0.5) is 4.39 Å². The van der Waals surface area contributed by atoms with Crippen LogP contribution in [-0.4, -0.2) is 11.9 Å². The molecular weight excluding hydrogens is 365 g/mol. The molecule has 0 atom stereocenters. The molecule has 1 aliphatic rings. The SMILES string of the molecule is C=C1C=CC(c2ccccc2)=C(c2c(F)cccc2Br)N1C.CC. The third kappa shape index (κ3) is 3.51. The van der Waals surface area contributed by atoms with Crippen LogP contribution in [0.2, 0.25) is 0 Å². The van der Waals surface area contributed by atoms with Crippen molar-refractivity contribution in [2.75, 3.05) is 7.05 Å². The lowest BCUT2D eigenvalue weighted by Crippen LogP contribution is -2.19. The van der Waals surface area contributed by atoms with Crippen LogP contribution in [0.1, 0.15) is 25.0 Å². The molecule has 1 aliphatic heterocycles. The Kier molecular flexibility index (Phi) is 6.16. The second-order valence-electron chi connectivity index (χ2n) is 5.11. The van der Waals surface area contributed by atoms with Crippen molar-refractivity contribution in [2.45, 2.75) is 13.8 Å². The molecule has 0 spiro atoms. The first kappa shape index (κ1) is 18.2. The summed E-state index contributed by atoms with van der Waals surface area (Å²) in [6, 6.07) is 15.0. The third-order valence-corrected chi connectivity index (χ3v) is 4.41. The summed E-state index contributed by atoms with van der Waals surface area (Å²) in [4.78, 5) is 1.92. The molecule has 0 amide bonds. The average Bonchev–Trinajstić information content (AvgIpc) is 2.61. The van der Waals surface area contributed by atoms with E-state index in [0.29, 0.717) is 5.56 Å². The summed E-state index contributed by atoms with van der Waals surface area (Å²) in [6.07, 6.45) is 3.94. The molecule has 1 nitrogen and oxygen atoms in total. The summed E-state index contributed by atoms with van der Waals surface area (Å²) < 4.78 is 15.2. The van der Waals surface area contributed by atoms with Gasteiger partial charge in [0.05, 0.1) is 5.70 Å². The van der Waals surface area contributed by atoms with E-state index in [1.165, 1.54) is 6.07 Å². The van der Waals surface area contributed by atoms with Gasteiger partial charge in [-0.05, 0) is 39.7 Å². The molecule has 0 saturated carbocycles. The maximum absolute atomic E-state index is 14.5. The normalized spacial score (nSPS) is 13.7. The zero-order chi connectivity index (χ0) is 17.7. The van der Waals surface area contributed by atoms with Crippen LogP contribution in [0.5, 0.6) is 0 Å². The van der Waals surface area contributed by atoms with Gasteiger partial charge < -0.3 is 4.90 Å². The van der Waals surface area contributed by atoms with Crippen LogP contribution < -0.4 is 0 Å². The number of hydrogen-bond acceptors (Lipinski definition) is 1. The van der Waals surface area contributed by atoms with Crippen LogP contribution >= 0.6 is 15.9 Å². The molecule has 2 aromatic carbocycles. The van der Waals surface area contributed by atoms with Crippen molar-refractivity contribution in [2.24, 2.45) is 0 Å². The highest BCUT2D eigenvalue weighted by Gasteiger charge is 2.23. The van der Waals surface area contributed by atoms with Crippen LogP contribution in [0, 0.1) is 5.82 Å². The fourth-order valence-electron chi connectivity index (χ4n) is 2.57. The first-order valence-corrected chi connectivity index (χ1v) is 8.73. The second-order valence-corrected chi connectivity index (χ2v) is 5.96. The van der Waals surface area contributed by atoms with E-state index in [4.69, 9.17) is 0 Å². The van der Waals surface area contributed by atoms with E-state index in [-0.39, 0.29) is 5.82 Å². The Morgan fingerprint density at radius 3 is 2.25 bits per heavy atom. The molecule has 24 heavy (non-hydrogen) atoms. The highest BCUT2D eigenvalue weighted by Crippen LogP contribution is 2.39. The fourth-order valence-corrected chi connectivity index (χ4v) is 3.10. The molecule has 3 rings (SSSR count). The van der Waals surface area contributed by atoms with Crippen LogP contribution in [0.3, 0.4) is 0 Å². The molecule has 0 bridgehead atoms. The van der Waals surface area contributed by atoms with Crippen molar-refractivity contribution in [3.05, 3.63) is 94.4 Å². The summed E-state index contributed by atoms with van der Waals surface area (Å²) in [5.41, 5.74) is 4.20. The van der Waals surface area contributed by atoms with E-state index < -0.39 is 0 Å². The van der Waals surface area contributed by atoms with Gasteiger partial charge >= 0.3 is 0 Å². The van der Waals surface area contributed by atoms with Crippen molar-refractivity contribution in [3.63, 3.8) is 0 Å². The van der Waals surface area contributed by atoms with E-state index in [1.54, 1.807) is 6.07 Å². The Bertz CT molecular complexity index is 770. The second kappa shape index (κ2) is 8.11. The van der Waals surface area contributed by atoms with E-state index in [2.05, 4.69) is 22.5 Å². The lowest BCUT2D eigenvalue weighted by molar-refractivity contribution is 0.587. The molecule has 0 radical (unpaired) electrons. The van der Waals surface area contributed by atoms with Crippen molar-refractivity contribution in [3.8, 4) is 0 Å². The van der Waals surface area contributed by atoms with E-state index >= 15 is 0 Å². The number of rotatable bonds is 2. The predicted octanol–water partition coefficient (Wildman–Crippen LogP) is 6.50. The Morgan fingerprint density at radius 2 is 1.62 bits per heavy atom. The fraction of sp³-hybridized carbons (Fsp3) is 0.143. The zero-order valence-corrected chi connectivity index (χ0v) is 15.8. The summed E-state index contributed by atoms with van der Waals surface area (Å²) in [5, 5.41) is 0. The molecule has 3 heteroatoms. The summed E-state index contributed by atoms with van der Waals surface area (Å²) >= 11 is 3.48. The third-order valence-electron chi connectivity index (χ3n) is 3.75. The quantitative estimate of drug-likeness (QED) is 0.570. The largest absolute Gasteiger partial charge is 0.344 e. The van der Waals surface area contributed by atoms with Gasteiger partial charge in [-0.25, -0.2) is 4.39 Å². The summed E-state index contributed by atoms with van der Waals surface area (Å²) in [7, 11) is 1.91. The van der Waals surface area contributed by atoms with Crippen molar-refractivity contribution in [1.82, 2.24) is 4.90 Å². The van der Waals surface area contributed by atoms with Gasteiger partial charge in [-0.15, -0.1) is 0 Å². The molecular formula is C21H21BrFN. The first-order chi connectivity index (χ1) is 11.6. The number of likely N-dealkylation sites (N-methyl/N-ethyl adjacent to an activating group) is 1. The van der Waals surface area contributed by atoms with Crippen LogP contribution in [0.25, 0.3) is 11.3 Å². The van der Waals surface area contributed by atoms with Gasteiger partial charge in [-0.1, -0.05) is 62.9 Å². The number of benzene rings is 2. The summed E-state index contributed by atoms with van der Waals surface area (Å²) in [5.74, 6) is -0.257. The van der Waals surface area contributed by atoms with Gasteiger partial charge in [0.1, 0.15) is 5.82 Å². The Labute approximate surface area is 151 Å². The number of hydrogen-bond donors (Lipinski definition) is 0. The topological polar surface area (TPSA) is 3.24 Å². The first-order valence-electron chi connectivity index (χ1n) is 7.94. The minimum atomic E-state index is -0.257. The van der Waals surface area contributed by atoms with E-state index in [9.17, 15) is 4.39 Å². The monoisotopic (exact) mass is 385 g/mol. The maximum Gasteiger partial charge on any atom is 0.133 e. The zero-order valence-electron chi connectivity index (χ0n) is 14.2. The highest BCUT2D eigenvalue weighted by molar-refractivity contribution is 9.10. The van der Waals surface area contributed by atoms with Gasteiger partial charge in [0.2, 0.25) is 0 Å². The van der Waals surface area contributed by atoms with Gasteiger partial charge in [0, 0.05) is 28.4 Å². The maximum atomic E-state index is 14.5. The average molecular weight is 386 g/mol. The minimum Gasteiger partial charge on any atom is -0.344 e. The van der Waals surface area contributed by atoms with Crippen molar-refractivity contribution >= 4 is 27.2 Å². The van der Waals surface area contributed by atoms with E-state index in [0.717, 1.165) is 27.0 Å². The lowest BCUT2D eigenvalue weighted by atomic mass is 9.95. The standard InChI is InChI=1S/C19H15BrFN.C2H6/c1-13-11-12-15(14-7-4-3-5-8-14)19(22(13)2)18-16(20)9-6-10-17(18)21;1-2/h3-12H,1H2,2H3;1-2H3. The molecule has 2 aromatic rings.